The Labute approximate surface area is 191 Å². The number of hydrogen-bond acceptors (Lipinski definition) is 5. The fourth-order valence-corrected chi connectivity index (χ4v) is 7.53. The molecule has 3 aliphatic rings. The minimum absolute atomic E-state index is 0.00579. The van der Waals surface area contributed by atoms with Crippen LogP contribution >= 0.6 is 34.8 Å². The molecule has 0 amide bonds. The molecule has 3 rings (SSSR count). The molecule has 0 bridgehead atoms. The zero-order valence-electron chi connectivity index (χ0n) is 19.1. The van der Waals surface area contributed by atoms with Crippen molar-refractivity contribution < 1.29 is 0 Å². The van der Waals surface area contributed by atoms with E-state index in [9.17, 15) is 0 Å². The molecule has 0 aromatic rings. The number of piperidine rings is 2. The first-order valence-corrected chi connectivity index (χ1v) is 11.9. The van der Waals surface area contributed by atoms with E-state index in [2.05, 4.69) is 80.8 Å². The molecule has 0 spiro atoms. The number of aliphatic imine (C=N–C) groups is 1. The highest BCUT2D eigenvalue weighted by molar-refractivity contribution is 6.65. The summed E-state index contributed by atoms with van der Waals surface area (Å²) in [6, 6.07) is 0.402. The summed E-state index contributed by atoms with van der Waals surface area (Å²) in [5.41, 5.74) is -1.02. The number of halogens is 3. The van der Waals surface area contributed by atoms with Crippen molar-refractivity contribution in [3.63, 3.8) is 0 Å². The summed E-state index contributed by atoms with van der Waals surface area (Å²) in [4.78, 5) is 8.86. The highest BCUT2D eigenvalue weighted by Crippen LogP contribution is 2.41. The zero-order chi connectivity index (χ0) is 22.0. The van der Waals surface area contributed by atoms with Gasteiger partial charge in [-0.2, -0.15) is 0 Å². The molecule has 5 nitrogen and oxygen atoms in total. The highest BCUT2D eigenvalue weighted by atomic mass is 35.5. The van der Waals surface area contributed by atoms with E-state index in [1.165, 1.54) is 0 Å². The SMILES string of the molecule is CC1(C)CC(N2C(Cl)=NC(Cl)N(C3CC(C)(C)NC(C)(C)C3)C2Cl)CC(C)(C)N1. The van der Waals surface area contributed by atoms with E-state index in [-0.39, 0.29) is 34.2 Å². The standard InChI is InChI=1S/C21H38Cl3N5/c1-18(2)9-13(10-19(3,4)26-18)28-15(22)25-16(23)29(17(28)24)14-11-20(5,6)27-21(7,8)12-14/h13-15,17,26-27H,9-12H2,1-8H3. The van der Waals surface area contributed by atoms with Crippen molar-refractivity contribution in [2.75, 3.05) is 0 Å². The Kier molecular flexibility index (Phi) is 6.31. The fraction of sp³-hybridized carbons (Fsp3) is 0.952. The average molecular weight is 467 g/mol. The highest BCUT2D eigenvalue weighted by Gasteiger charge is 2.49. The van der Waals surface area contributed by atoms with E-state index in [0.717, 1.165) is 25.7 Å². The Morgan fingerprint density at radius 1 is 0.759 bits per heavy atom. The fourth-order valence-electron chi connectivity index (χ4n) is 6.17. The summed E-state index contributed by atoms with van der Waals surface area (Å²) in [6.45, 7) is 17.9. The second kappa shape index (κ2) is 7.67. The quantitative estimate of drug-likeness (QED) is 0.450. The summed E-state index contributed by atoms with van der Waals surface area (Å²) in [7, 11) is 0. The van der Waals surface area contributed by atoms with Crippen LogP contribution in [0.3, 0.4) is 0 Å². The van der Waals surface area contributed by atoms with Gasteiger partial charge in [-0.1, -0.05) is 23.2 Å². The van der Waals surface area contributed by atoms with Crippen LogP contribution < -0.4 is 10.6 Å². The first-order valence-electron chi connectivity index (χ1n) is 10.7. The molecular weight excluding hydrogens is 429 g/mol. The summed E-state index contributed by atoms with van der Waals surface area (Å²) in [5, 5.41) is 7.90. The van der Waals surface area contributed by atoms with Crippen molar-refractivity contribution in [2.45, 2.75) is 127 Å². The number of amidine groups is 1. The lowest BCUT2D eigenvalue weighted by atomic mass is 9.78. The largest absolute Gasteiger partial charge is 0.315 e. The lowest BCUT2D eigenvalue weighted by molar-refractivity contribution is -0.0118. The third-order valence-electron chi connectivity index (χ3n) is 6.30. The van der Waals surface area contributed by atoms with Gasteiger partial charge in [-0.05, 0) is 92.7 Å². The number of nitrogens with zero attached hydrogens (tertiary/aromatic N) is 3. The molecular formula is C21H38Cl3N5. The first kappa shape index (κ1) is 23.9. The van der Waals surface area contributed by atoms with Crippen molar-refractivity contribution >= 4 is 40.1 Å². The molecule has 3 aliphatic heterocycles. The van der Waals surface area contributed by atoms with Crippen molar-refractivity contribution in [1.82, 2.24) is 20.4 Å². The molecule has 0 aromatic carbocycles. The van der Waals surface area contributed by atoms with Crippen LogP contribution in [0.15, 0.2) is 4.99 Å². The molecule has 0 radical (unpaired) electrons. The third kappa shape index (κ3) is 5.35. The Hall–Kier alpha value is 0.220. The van der Waals surface area contributed by atoms with Crippen LogP contribution in [0.1, 0.15) is 81.1 Å². The van der Waals surface area contributed by atoms with E-state index in [0.29, 0.717) is 5.29 Å². The van der Waals surface area contributed by atoms with Gasteiger partial charge in [0, 0.05) is 34.2 Å². The Morgan fingerprint density at radius 3 is 1.55 bits per heavy atom. The molecule has 29 heavy (non-hydrogen) atoms. The smallest absolute Gasteiger partial charge is 0.199 e. The minimum atomic E-state index is -0.557. The van der Waals surface area contributed by atoms with Crippen LogP contribution in [-0.4, -0.2) is 60.6 Å². The van der Waals surface area contributed by atoms with Crippen molar-refractivity contribution in [2.24, 2.45) is 4.99 Å². The van der Waals surface area contributed by atoms with Crippen LogP contribution in [0.5, 0.6) is 0 Å². The van der Waals surface area contributed by atoms with Crippen LogP contribution in [-0.2, 0) is 0 Å². The molecule has 168 valence electrons. The molecule has 8 heteroatoms. The predicted octanol–water partition coefficient (Wildman–Crippen LogP) is 4.86. The maximum atomic E-state index is 7.14. The molecule has 2 atom stereocenters. The molecule has 0 saturated carbocycles. The molecule has 2 fully saturated rings. The molecule has 0 aromatic heterocycles. The van der Waals surface area contributed by atoms with Gasteiger partial charge in [0.25, 0.3) is 0 Å². The summed E-state index contributed by atoms with van der Waals surface area (Å²) in [6.07, 6.45) is 3.78. The molecule has 2 unspecified atom stereocenters. The maximum Gasteiger partial charge on any atom is 0.199 e. The minimum Gasteiger partial charge on any atom is -0.315 e. The number of hydrogen-bond donors (Lipinski definition) is 2. The Bertz CT molecular complexity index is 629. The van der Waals surface area contributed by atoms with E-state index in [1.807, 2.05) is 0 Å². The van der Waals surface area contributed by atoms with Crippen LogP contribution in [0.4, 0.5) is 0 Å². The van der Waals surface area contributed by atoms with E-state index in [1.54, 1.807) is 0 Å². The second-order valence-corrected chi connectivity index (χ2v) is 12.9. The molecule has 2 saturated heterocycles. The van der Waals surface area contributed by atoms with E-state index >= 15 is 0 Å². The monoisotopic (exact) mass is 465 g/mol. The number of nitrogens with one attached hydrogen (secondary N) is 2. The summed E-state index contributed by atoms with van der Waals surface area (Å²) >= 11 is 20.5. The Balaban J connectivity index is 1.90. The van der Waals surface area contributed by atoms with Gasteiger partial charge in [-0.3, -0.25) is 0 Å². The molecule has 0 aliphatic carbocycles. The van der Waals surface area contributed by atoms with Crippen molar-refractivity contribution in [3.05, 3.63) is 0 Å². The summed E-state index contributed by atoms with van der Waals surface area (Å²) < 4.78 is 0. The van der Waals surface area contributed by atoms with Crippen LogP contribution in [0.25, 0.3) is 0 Å². The van der Waals surface area contributed by atoms with Gasteiger partial charge in [0.15, 0.2) is 16.5 Å². The van der Waals surface area contributed by atoms with Gasteiger partial charge in [0.2, 0.25) is 0 Å². The van der Waals surface area contributed by atoms with Gasteiger partial charge < -0.3 is 15.5 Å². The zero-order valence-corrected chi connectivity index (χ0v) is 21.4. The average Bonchev–Trinajstić information content (AvgIpc) is 2.39. The summed E-state index contributed by atoms with van der Waals surface area (Å²) in [5.74, 6) is 0. The van der Waals surface area contributed by atoms with Gasteiger partial charge in [0.1, 0.15) is 0 Å². The van der Waals surface area contributed by atoms with Crippen molar-refractivity contribution in [1.29, 1.82) is 0 Å². The van der Waals surface area contributed by atoms with Gasteiger partial charge in [-0.15, -0.1) is 0 Å². The van der Waals surface area contributed by atoms with E-state index < -0.39 is 11.2 Å². The number of alkyl halides is 2. The van der Waals surface area contributed by atoms with Crippen molar-refractivity contribution in [3.8, 4) is 0 Å². The third-order valence-corrected chi connectivity index (χ3v) is 7.35. The Morgan fingerprint density at radius 2 is 1.14 bits per heavy atom. The topological polar surface area (TPSA) is 42.9 Å². The lowest BCUT2D eigenvalue weighted by Crippen LogP contribution is -2.69. The van der Waals surface area contributed by atoms with Gasteiger partial charge in [0.05, 0.1) is 0 Å². The van der Waals surface area contributed by atoms with E-state index in [4.69, 9.17) is 34.8 Å². The molecule has 3 heterocycles. The lowest BCUT2D eigenvalue weighted by Gasteiger charge is -2.56. The first-order chi connectivity index (χ1) is 13.0. The molecule has 2 N–H and O–H groups in total. The second-order valence-electron chi connectivity index (χ2n) is 11.8. The van der Waals surface area contributed by atoms with Gasteiger partial charge >= 0.3 is 0 Å². The van der Waals surface area contributed by atoms with Crippen LogP contribution in [0.2, 0.25) is 0 Å². The number of rotatable bonds is 2. The van der Waals surface area contributed by atoms with Gasteiger partial charge in [-0.25, -0.2) is 9.89 Å². The predicted molar refractivity (Wildman–Crippen MR) is 125 cm³/mol. The van der Waals surface area contributed by atoms with Crippen LogP contribution in [0, 0.1) is 0 Å². The normalized spacial score (nSPS) is 35.4. The maximum absolute atomic E-state index is 7.14.